The normalized spacial score (nSPS) is 16.9. The zero-order chi connectivity index (χ0) is 22.8. The average molecular weight is 455 g/mol. The van der Waals surface area contributed by atoms with E-state index in [2.05, 4.69) is 58.2 Å². The number of hydrogen-bond donors (Lipinski definition) is 2. The molecule has 1 fully saturated rings. The van der Waals surface area contributed by atoms with Crippen molar-refractivity contribution in [3.05, 3.63) is 58.7 Å². The van der Waals surface area contributed by atoms with Crippen LogP contribution in [0.5, 0.6) is 0 Å². The lowest BCUT2D eigenvalue weighted by atomic mass is 10.1. The molecule has 1 unspecified atom stereocenters. The molecule has 1 aliphatic rings. The van der Waals surface area contributed by atoms with Crippen LogP contribution >= 0.6 is 11.6 Å². The second-order valence-corrected chi connectivity index (χ2v) is 8.60. The van der Waals surface area contributed by atoms with Gasteiger partial charge in [-0.1, -0.05) is 29.8 Å². The van der Waals surface area contributed by atoms with Gasteiger partial charge in [-0.05, 0) is 43.7 Å². The van der Waals surface area contributed by atoms with Gasteiger partial charge >= 0.3 is 5.97 Å². The monoisotopic (exact) mass is 454 g/mol. The molecule has 7 nitrogen and oxygen atoms in total. The van der Waals surface area contributed by atoms with Gasteiger partial charge in [0.15, 0.2) is 0 Å². The van der Waals surface area contributed by atoms with E-state index in [9.17, 15) is 9.59 Å². The van der Waals surface area contributed by atoms with E-state index in [0.29, 0.717) is 21.6 Å². The summed E-state index contributed by atoms with van der Waals surface area (Å²) in [6.45, 7) is 6.85. The van der Waals surface area contributed by atoms with Crippen LogP contribution in [-0.4, -0.2) is 61.1 Å². The number of benzene rings is 2. The van der Waals surface area contributed by atoms with Crippen molar-refractivity contribution < 1.29 is 14.3 Å². The van der Waals surface area contributed by atoms with Crippen LogP contribution in [0.1, 0.15) is 23.0 Å². The Hall–Kier alpha value is -3.03. The summed E-state index contributed by atoms with van der Waals surface area (Å²) in [7, 11) is 1.30. The lowest BCUT2D eigenvalue weighted by molar-refractivity contribution is -0.117. The first-order valence-electron chi connectivity index (χ1n) is 10.6. The molecule has 32 heavy (non-hydrogen) atoms. The van der Waals surface area contributed by atoms with Gasteiger partial charge in [-0.3, -0.25) is 9.69 Å². The average Bonchev–Trinajstić information content (AvgIpc) is 3.12. The van der Waals surface area contributed by atoms with E-state index < -0.39 is 5.97 Å². The van der Waals surface area contributed by atoms with Gasteiger partial charge in [0, 0.05) is 42.3 Å². The minimum absolute atomic E-state index is 0.182. The third kappa shape index (κ3) is 4.45. The van der Waals surface area contributed by atoms with Gasteiger partial charge in [-0.15, -0.1) is 0 Å². The van der Waals surface area contributed by atoms with Crippen molar-refractivity contribution in [3.63, 3.8) is 0 Å². The lowest BCUT2D eigenvalue weighted by Gasteiger charge is -2.41. The lowest BCUT2D eigenvalue weighted by Crippen LogP contribution is -2.53. The van der Waals surface area contributed by atoms with E-state index in [-0.39, 0.29) is 24.2 Å². The number of amides is 1. The summed E-state index contributed by atoms with van der Waals surface area (Å²) in [6.07, 6.45) is 0. The summed E-state index contributed by atoms with van der Waals surface area (Å²) in [5, 5.41) is 3.94. The number of ether oxygens (including phenoxy) is 1. The number of carbonyl (C=O) groups is 2. The smallest absolute Gasteiger partial charge is 0.356 e. The Morgan fingerprint density at radius 3 is 2.72 bits per heavy atom. The third-order valence-electron chi connectivity index (χ3n) is 5.84. The Bertz CT molecular complexity index is 1160. The molecule has 1 aliphatic heterocycles. The fourth-order valence-electron chi connectivity index (χ4n) is 4.33. The number of halogens is 1. The number of nitrogens with zero attached hydrogens (tertiary/aromatic N) is 2. The van der Waals surface area contributed by atoms with Crippen LogP contribution in [0.3, 0.4) is 0 Å². The van der Waals surface area contributed by atoms with Crippen molar-refractivity contribution in [3.8, 4) is 0 Å². The van der Waals surface area contributed by atoms with Crippen molar-refractivity contribution >= 4 is 45.8 Å². The quantitative estimate of drug-likeness (QED) is 0.568. The highest BCUT2D eigenvalue weighted by molar-refractivity contribution is 6.37. The fraction of sp³-hybridized carbons (Fsp3) is 0.333. The van der Waals surface area contributed by atoms with E-state index >= 15 is 0 Å². The number of hydrogen-bond acceptors (Lipinski definition) is 5. The van der Waals surface area contributed by atoms with Crippen molar-refractivity contribution in [2.45, 2.75) is 19.9 Å². The number of fused-ring (bicyclic) bond motifs is 1. The minimum atomic E-state index is -0.562. The van der Waals surface area contributed by atoms with Crippen molar-refractivity contribution in [2.75, 3.05) is 43.5 Å². The molecule has 1 amide bonds. The fourth-order valence-corrected chi connectivity index (χ4v) is 4.60. The van der Waals surface area contributed by atoms with Gasteiger partial charge in [-0.25, -0.2) is 4.79 Å². The molecule has 1 aromatic heterocycles. The predicted octanol–water partition coefficient (Wildman–Crippen LogP) is 4.07. The number of aromatic amines is 1. The van der Waals surface area contributed by atoms with Crippen LogP contribution in [0.15, 0.2) is 42.5 Å². The van der Waals surface area contributed by atoms with Gasteiger partial charge < -0.3 is 19.9 Å². The van der Waals surface area contributed by atoms with E-state index in [0.717, 1.165) is 19.6 Å². The molecule has 0 saturated carbocycles. The van der Waals surface area contributed by atoms with Gasteiger partial charge in [0.2, 0.25) is 5.91 Å². The summed E-state index contributed by atoms with van der Waals surface area (Å²) in [4.78, 5) is 32.7. The number of H-pyrrole nitrogens is 1. The molecular weight excluding hydrogens is 428 g/mol. The summed E-state index contributed by atoms with van der Waals surface area (Å²) < 4.78 is 4.87. The van der Waals surface area contributed by atoms with Crippen LogP contribution in [0.4, 0.5) is 11.4 Å². The molecule has 4 rings (SSSR count). The molecule has 3 aromatic rings. The van der Waals surface area contributed by atoms with Crippen LogP contribution in [0, 0.1) is 6.92 Å². The van der Waals surface area contributed by atoms with Crippen molar-refractivity contribution in [2.24, 2.45) is 0 Å². The van der Waals surface area contributed by atoms with Gasteiger partial charge in [0.05, 0.1) is 24.4 Å². The van der Waals surface area contributed by atoms with Gasteiger partial charge in [-0.2, -0.15) is 0 Å². The highest BCUT2D eigenvalue weighted by Gasteiger charge is 2.27. The molecule has 1 saturated heterocycles. The first-order chi connectivity index (χ1) is 15.4. The first kappa shape index (κ1) is 22.2. The summed E-state index contributed by atoms with van der Waals surface area (Å²) in [6, 6.07) is 14.1. The number of aryl methyl sites for hydroxylation is 1. The minimum Gasteiger partial charge on any atom is -0.464 e. The molecule has 0 bridgehead atoms. The van der Waals surface area contributed by atoms with Gasteiger partial charge in [0.1, 0.15) is 5.69 Å². The van der Waals surface area contributed by atoms with E-state index in [1.807, 2.05) is 0 Å². The van der Waals surface area contributed by atoms with Crippen LogP contribution in [0.2, 0.25) is 5.02 Å². The molecule has 2 heterocycles. The highest BCUT2D eigenvalue weighted by Crippen LogP contribution is 2.34. The Morgan fingerprint density at radius 1 is 1.22 bits per heavy atom. The van der Waals surface area contributed by atoms with Crippen molar-refractivity contribution in [1.29, 1.82) is 0 Å². The Labute approximate surface area is 192 Å². The maximum atomic E-state index is 12.9. The number of esters is 1. The molecule has 2 aromatic carbocycles. The standard InChI is InChI=1S/C24H27ClN4O3/c1-15-6-4-7-17(12-15)29-11-10-28(13-16(29)2)14-20(30)27-22-21-18(25)8-5-9-19(21)26-23(22)24(31)32-3/h4-9,12,16,26H,10-11,13-14H2,1-3H3,(H,27,30). The zero-order valence-electron chi connectivity index (χ0n) is 18.4. The van der Waals surface area contributed by atoms with Crippen LogP contribution in [0.25, 0.3) is 10.9 Å². The predicted molar refractivity (Wildman–Crippen MR) is 128 cm³/mol. The van der Waals surface area contributed by atoms with E-state index in [1.54, 1.807) is 18.2 Å². The second-order valence-electron chi connectivity index (χ2n) is 8.19. The Balaban J connectivity index is 1.47. The Kier molecular flexibility index (Phi) is 6.39. The SMILES string of the molecule is COC(=O)c1[nH]c2cccc(Cl)c2c1NC(=O)CN1CCN(c2cccc(C)c2)C(C)C1. The molecule has 0 spiro atoms. The van der Waals surface area contributed by atoms with E-state index in [1.165, 1.54) is 18.4 Å². The first-order valence-corrected chi connectivity index (χ1v) is 11.0. The summed E-state index contributed by atoms with van der Waals surface area (Å²) in [5.74, 6) is -0.764. The number of nitrogens with one attached hydrogen (secondary N) is 2. The number of rotatable bonds is 5. The summed E-state index contributed by atoms with van der Waals surface area (Å²) >= 11 is 6.36. The number of anilines is 2. The molecular formula is C24H27ClN4O3. The molecule has 2 N–H and O–H groups in total. The molecule has 0 radical (unpaired) electrons. The topological polar surface area (TPSA) is 77.7 Å². The number of aromatic nitrogens is 1. The molecule has 0 aliphatic carbocycles. The largest absolute Gasteiger partial charge is 0.464 e. The maximum Gasteiger partial charge on any atom is 0.356 e. The third-order valence-corrected chi connectivity index (χ3v) is 6.15. The van der Waals surface area contributed by atoms with Crippen LogP contribution in [-0.2, 0) is 9.53 Å². The zero-order valence-corrected chi connectivity index (χ0v) is 19.2. The second kappa shape index (κ2) is 9.22. The number of carbonyl (C=O) groups excluding carboxylic acids is 2. The van der Waals surface area contributed by atoms with Crippen molar-refractivity contribution in [1.82, 2.24) is 9.88 Å². The highest BCUT2D eigenvalue weighted by atomic mass is 35.5. The maximum absolute atomic E-state index is 12.9. The van der Waals surface area contributed by atoms with E-state index in [4.69, 9.17) is 16.3 Å². The van der Waals surface area contributed by atoms with Crippen LogP contribution < -0.4 is 10.2 Å². The molecule has 8 heteroatoms. The molecule has 168 valence electrons. The number of piperazine rings is 1. The Morgan fingerprint density at radius 2 is 2.00 bits per heavy atom. The molecule has 1 atom stereocenters. The number of methoxy groups -OCH3 is 1. The van der Waals surface area contributed by atoms with Gasteiger partial charge in [0.25, 0.3) is 0 Å². The summed E-state index contributed by atoms with van der Waals surface area (Å²) in [5.41, 5.74) is 3.64.